The summed E-state index contributed by atoms with van der Waals surface area (Å²) in [5.41, 5.74) is 1.07. The molecule has 1 unspecified atom stereocenters. The van der Waals surface area contributed by atoms with E-state index in [1.54, 1.807) is 30.3 Å². The fourth-order valence-electron chi connectivity index (χ4n) is 3.58. The number of benzene rings is 1. The van der Waals surface area contributed by atoms with Gasteiger partial charge in [0.25, 0.3) is 11.8 Å². The molecule has 7 nitrogen and oxygen atoms in total. The van der Waals surface area contributed by atoms with Gasteiger partial charge in [0.1, 0.15) is 6.10 Å². The van der Waals surface area contributed by atoms with Crippen molar-refractivity contribution in [2.24, 2.45) is 0 Å². The Morgan fingerprint density at radius 1 is 1.16 bits per heavy atom. The number of carbonyl (C=O) groups is 3. The third kappa shape index (κ3) is 4.68. The number of nitrogens with one attached hydrogen (secondary N) is 1. The maximum Gasteiger partial charge on any atom is 0.414 e. The Bertz CT molecular complexity index is 1010. The lowest BCUT2D eigenvalue weighted by molar-refractivity contribution is -0.129. The molecule has 4 rings (SSSR count). The summed E-state index contributed by atoms with van der Waals surface area (Å²) in [6, 6.07) is 10.1. The highest BCUT2D eigenvalue weighted by molar-refractivity contribution is 7.13. The number of amides is 3. The first kappa shape index (κ1) is 21.2. The van der Waals surface area contributed by atoms with Crippen LogP contribution in [0.25, 0.3) is 0 Å². The van der Waals surface area contributed by atoms with Gasteiger partial charge in [-0.2, -0.15) is 0 Å². The van der Waals surface area contributed by atoms with Crippen molar-refractivity contribution in [1.82, 2.24) is 5.32 Å². The highest BCUT2D eigenvalue weighted by atomic mass is 32.1. The Morgan fingerprint density at radius 3 is 2.45 bits per heavy atom. The van der Waals surface area contributed by atoms with Crippen LogP contribution in [-0.4, -0.2) is 49.6 Å². The van der Waals surface area contributed by atoms with E-state index in [9.17, 15) is 23.2 Å². The van der Waals surface area contributed by atoms with Gasteiger partial charge in [-0.25, -0.2) is 13.6 Å². The zero-order valence-electron chi connectivity index (χ0n) is 16.8. The molecule has 0 aliphatic carbocycles. The van der Waals surface area contributed by atoms with Crippen molar-refractivity contribution in [2.75, 3.05) is 29.4 Å². The van der Waals surface area contributed by atoms with Crippen LogP contribution in [0, 0.1) is 6.92 Å². The average Bonchev–Trinajstić information content (AvgIpc) is 3.31. The SMILES string of the molecule is Cc1ccc(C(=O)NCC2CN(c3ccc(N4CCC(F)(F)CC4=O)cc3)C(=O)O2)s1. The molecule has 31 heavy (non-hydrogen) atoms. The molecule has 1 N–H and O–H groups in total. The van der Waals surface area contributed by atoms with Crippen LogP contribution in [0.4, 0.5) is 25.0 Å². The zero-order chi connectivity index (χ0) is 22.2. The quantitative estimate of drug-likeness (QED) is 0.757. The number of anilines is 2. The van der Waals surface area contributed by atoms with Crippen LogP contribution in [0.1, 0.15) is 27.4 Å². The number of cyclic esters (lactones) is 1. The van der Waals surface area contributed by atoms with Crippen molar-refractivity contribution in [1.29, 1.82) is 0 Å². The van der Waals surface area contributed by atoms with Crippen LogP contribution in [0.3, 0.4) is 0 Å². The minimum atomic E-state index is -2.96. The summed E-state index contributed by atoms with van der Waals surface area (Å²) in [5.74, 6) is -3.80. The van der Waals surface area contributed by atoms with Crippen molar-refractivity contribution in [3.05, 3.63) is 46.2 Å². The number of rotatable bonds is 5. The van der Waals surface area contributed by atoms with Crippen LogP contribution < -0.4 is 15.1 Å². The number of carbonyl (C=O) groups excluding carboxylic acids is 3. The fourth-order valence-corrected chi connectivity index (χ4v) is 4.36. The van der Waals surface area contributed by atoms with Crippen molar-refractivity contribution < 1.29 is 27.9 Å². The number of ether oxygens (including phenoxy) is 1. The Labute approximate surface area is 181 Å². The second kappa shape index (κ2) is 8.26. The molecule has 2 saturated heterocycles. The molecule has 0 radical (unpaired) electrons. The topological polar surface area (TPSA) is 79.0 Å². The molecule has 2 aliphatic heterocycles. The van der Waals surface area contributed by atoms with Gasteiger partial charge in [0.2, 0.25) is 5.91 Å². The number of aryl methyl sites for hydroxylation is 1. The van der Waals surface area contributed by atoms with E-state index in [-0.39, 0.29) is 32.0 Å². The first-order valence-electron chi connectivity index (χ1n) is 9.83. The first-order valence-corrected chi connectivity index (χ1v) is 10.6. The normalized spacial score (nSPS) is 20.7. The van der Waals surface area contributed by atoms with E-state index in [0.717, 1.165) is 4.88 Å². The maximum absolute atomic E-state index is 13.4. The smallest absolute Gasteiger partial charge is 0.414 e. The minimum absolute atomic E-state index is 0.0531. The lowest BCUT2D eigenvalue weighted by atomic mass is 10.1. The molecule has 2 aliphatic rings. The number of hydrogen-bond acceptors (Lipinski definition) is 5. The Morgan fingerprint density at radius 2 is 1.84 bits per heavy atom. The number of nitrogens with zero attached hydrogens (tertiary/aromatic N) is 2. The van der Waals surface area contributed by atoms with Gasteiger partial charge in [0, 0.05) is 29.2 Å². The second-order valence-electron chi connectivity index (χ2n) is 7.58. The molecule has 2 aromatic rings. The molecule has 1 aromatic carbocycles. The maximum atomic E-state index is 13.4. The summed E-state index contributed by atoms with van der Waals surface area (Å²) in [5, 5.41) is 2.77. The standard InChI is InChI=1S/C21H21F2N3O4S/c1-13-2-7-17(31-13)19(28)24-11-16-12-26(20(29)30-16)15-5-3-14(4-6-15)25-9-8-21(22,23)10-18(25)27/h2-7,16H,8-12H2,1H3,(H,24,28). The van der Waals surface area contributed by atoms with E-state index < -0.39 is 30.4 Å². The van der Waals surface area contributed by atoms with Crippen LogP contribution in [-0.2, 0) is 9.53 Å². The van der Waals surface area contributed by atoms with Crippen molar-refractivity contribution in [2.45, 2.75) is 31.8 Å². The molecule has 0 bridgehead atoms. The molecular weight excluding hydrogens is 428 g/mol. The van der Waals surface area contributed by atoms with Crippen molar-refractivity contribution >= 4 is 40.6 Å². The van der Waals surface area contributed by atoms with E-state index in [2.05, 4.69) is 5.32 Å². The molecule has 3 heterocycles. The Balaban J connectivity index is 1.35. The predicted octanol–water partition coefficient (Wildman–Crippen LogP) is 3.57. The van der Waals surface area contributed by atoms with Gasteiger partial charge in [0.05, 0.1) is 24.4 Å². The van der Waals surface area contributed by atoms with E-state index in [4.69, 9.17) is 4.74 Å². The van der Waals surface area contributed by atoms with E-state index in [0.29, 0.717) is 16.3 Å². The predicted molar refractivity (Wildman–Crippen MR) is 112 cm³/mol. The summed E-state index contributed by atoms with van der Waals surface area (Å²) in [7, 11) is 0. The largest absolute Gasteiger partial charge is 0.442 e. The third-order valence-corrected chi connectivity index (χ3v) is 6.21. The van der Waals surface area contributed by atoms with Crippen LogP contribution in [0.15, 0.2) is 36.4 Å². The molecular formula is C21H21F2N3O4S. The molecule has 3 amide bonds. The van der Waals surface area contributed by atoms with Crippen LogP contribution in [0.5, 0.6) is 0 Å². The fraction of sp³-hybridized carbons (Fsp3) is 0.381. The van der Waals surface area contributed by atoms with Crippen molar-refractivity contribution in [3.63, 3.8) is 0 Å². The molecule has 0 saturated carbocycles. The number of halogens is 2. The summed E-state index contributed by atoms with van der Waals surface area (Å²) in [6.07, 6.45) is -2.21. The number of piperidine rings is 1. The minimum Gasteiger partial charge on any atom is -0.442 e. The molecule has 164 valence electrons. The van der Waals surface area contributed by atoms with Gasteiger partial charge in [-0.15, -0.1) is 11.3 Å². The van der Waals surface area contributed by atoms with E-state index in [1.165, 1.54) is 21.1 Å². The number of thiophene rings is 1. The average molecular weight is 449 g/mol. The number of hydrogen-bond donors (Lipinski definition) is 1. The van der Waals surface area contributed by atoms with Crippen LogP contribution in [0.2, 0.25) is 0 Å². The van der Waals surface area contributed by atoms with Gasteiger partial charge in [-0.1, -0.05) is 0 Å². The summed E-state index contributed by atoms with van der Waals surface area (Å²) in [6.45, 7) is 2.31. The Kier molecular flexibility index (Phi) is 5.65. The van der Waals surface area contributed by atoms with Gasteiger partial charge < -0.3 is 15.0 Å². The zero-order valence-corrected chi connectivity index (χ0v) is 17.6. The highest BCUT2D eigenvalue weighted by Gasteiger charge is 2.40. The van der Waals surface area contributed by atoms with Crippen LogP contribution >= 0.6 is 11.3 Å². The highest BCUT2D eigenvalue weighted by Crippen LogP contribution is 2.32. The summed E-state index contributed by atoms with van der Waals surface area (Å²) in [4.78, 5) is 40.8. The number of alkyl halides is 2. The van der Waals surface area contributed by atoms with Gasteiger partial charge in [-0.3, -0.25) is 14.5 Å². The van der Waals surface area contributed by atoms with Gasteiger partial charge >= 0.3 is 6.09 Å². The molecule has 2 fully saturated rings. The summed E-state index contributed by atoms with van der Waals surface area (Å²) < 4.78 is 32.1. The monoisotopic (exact) mass is 449 g/mol. The van der Waals surface area contributed by atoms with E-state index >= 15 is 0 Å². The molecule has 1 atom stereocenters. The molecule has 1 aromatic heterocycles. The summed E-state index contributed by atoms with van der Waals surface area (Å²) >= 11 is 1.39. The lowest BCUT2D eigenvalue weighted by Crippen LogP contribution is -2.43. The first-order chi connectivity index (χ1) is 14.7. The molecule has 0 spiro atoms. The second-order valence-corrected chi connectivity index (χ2v) is 8.87. The van der Waals surface area contributed by atoms with E-state index in [1.807, 2.05) is 13.0 Å². The van der Waals surface area contributed by atoms with Gasteiger partial charge in [0.15, 0.2) is 0 Å². The lowest BCUT2D eigenvalue weighted by Gasteiger charge is -2.31. The van der Waals surface area contributed by atoms with Gasteiger partial charge in [-0.05, 0) is 43.3 Å². The third-order valence-electron chi connectivity index (χ3n) is 5.21. The molecule has 10 heteroatoms. The Hall–Kier alpha value is -3.01. The van der Waals surface area contributed by atoms with Crippen molar-refractivity contribution in [3.8, 4) is 0 Å².